The fourth-order valence-corrected chi connectivity index (χ4v) is 3.36. The minimum Gasteiger partial charge on any atom is -0.487 e. The predicted octanol–water partition coefficient (Wildman–Crippen LogP) is 3.43. The molecule has 90 valence electrons. The normalized spacial score (nSPS) is 24.9. The van der Waals surface area contributed by atoms with Gasteiger partial charge in [-0.2, -0.15) is 0 Å². The Morgan fingerprint density at radius 1 is 1.44 bits per heavy atom. The minimum atomic E-state index is 0.734. The van der Waals surface area contributed by atoms with E-state index in [1.165, 1.54) is 30.6 Å². The van der Waals surface area contributed by atoms with Crippen LogP contribution in [0.1, 0.15) is 37.5 Å². The van der Waals surface area contributed by atoms with Crippen molar-refractivity contribution in [2.75, 3.05) is 7.11 Å². The first-order valence-corrected chi connectivity index (χ1v) is 7.01. The number of thiophene rings is 1. The van der Waals surface area contributed by atoms with E-state index in [1.54, 1.807) is 18.4 Å². The van der Waals surface area contributed by atoms with Crippen LogP contribution in [0, 0.1) is 5.92 Å². The molecule has 3 heteroatoms. The lowest BCUT2D eigenvalue weighted by atomic mass is 10.0. The van der Waals surface area contributed by atoms with E-state index in [4.69, 9.17) is 4.74 Å². The van der Waals surface area contributed by atoms with Gasteiger partial charge in [-0.15, -0.1) is 11.3 Å². The molecule has 2 nitrogen and oxygen atoms in total. The first kappa shape index (κ1) is 11.9. The van der Waals surface area contributed by atoms with Gasteiger partial charge in [0.05, 0.1) is 7.11 Å². The summed E-state index contributed by atoms with van der Waals surface area (Å²) in [5.41, 5.74) is 0. The van der Waals surface area contributed by atoms with Crippen LogP contribution in [0.5, 0.6) is 5.06 Å². The van der Waals surface area contributed by atoms with Crippen LogP contribution in [0.25, 0.3) is 0 Å². The molecule has 1 aliphatic carbocycles. The summed E-state index contributed by atoms with van der Waals surface area (Å²) >= 11 is 1.74. The summed E-state index contributed by atoms with van der Waals surface area (Å²) in [5, 5.41) is 4.70. The van der Waals surface area contributed by atoms with Crippen LogP contribution in [-0.4, -0.2) is 13.2 Å². The molecule has 1 aliphatic rings. The third kappa shape index (κ3) is 2.77. The molecule has 0 aromatic carbocycles. The molecule has 1 heterocycles. The molecule has 16 heavy (non-hydrogen) atoms. The Labute approximate surface area is 102 Å². The first-order valence-electron chi connectivity index (χ1n) is 6.19. The standard InChI is InChI=1S/C13H21NOS/c1-3-10-5-4-6-12(10)14-9-11-7-8-13(15-2)16-11/h7-8,10,12,14H,3-6,9H2,1-2H3. The molecule has 2 rings (SSSR count). The summed E-state index contributed by atoms with van der Waals surface area (Å²) in [6.45, 7) is 3.30. The maximum atomic E-state index is 5.20. The molecule has 0 aliphatic heterocycles. The fourth-order valence-electron chi connectivity index (χ4n) is 2.59. The van der Waals surface area contributed by atoms with E-state index in [9.17, 15) is 0 Å². The maximum absolute atomic E-state index is 5.20. The molecular formula is C13H21NOS. The first-order chi connectivity index (χ1) is 7.83. The highest BCUT2D eigenvalue weighted by Crippen LogP contribution is 2.29. The van der Waals surface area contributed by atoms with Crippen molar-refractivity contribution < 1.29 is 4.74 Å². The van der Waals surface area contributed by atoms with Crippen molar-refractivity contribution in [2.24, 2.45) is 5.92 Å². The smallest absolute Gasteiger partial charge is 0.173 e. The average Bonchev–Trinajstić information content (AvgIpc) is 2.94. The summed E-state index contributed by atoms with van der Waals surface area (Å²) in [6.07, 6.45) is 5.46. The zero-order valence-corrected chi connectivity index (χ0v) is 11.0. The van der Waals surface area contributed by atoms with Gasteiger partial charge >= 0.3 is 0 Å². The largest absolute Gasteiger partial charge is 0.487 e. The van der Waals surface area contributed by atoms with Gasteiger partial charge in [0.1, 0.15) is 0 Å². The molecule has 0 amide bonds. The van der Waals surface area contributed by atoms with Crippen LogP contribution in [0.3, 0.4) is 0 Å². The van der Waals surface area contributed by atoms with E-state index in [1.807, 2.05) is 6.07 Å². The van der Waals surface area contributed by atoms with Gasteiger partial charge in [0.15, 0.2) is 5.06 Å². The van der Waals surface area contributed by atoms with Crippen molar-refractivity contribution in [1.82, 2.24) is 5.32 Å². The lowest BCUT2D eigenvalue weighted by Gasteiger charge is -2.19. The highest BCUT2D eigenvalue weighted by atomic mass is 32.1. The summed E-state index contributed by atoms with van der Waals surface area (Å²) in [5.74, 6) is 0.891. The zero-order valence-electron chi connectivity index (χ0n) is 10.2. The van der Waals surface area contributed by atoms with Crippen molar-refractivity contribution in [1.29, 1.82) is 0 Å². The molecule has 0 spiro atoms. The molecule has 1 N–H and O–H groups in total. The van der Waals surface area contributed by atoms with Crippen LogP contribution in [-0.2, 0) is 6.54 Å². The average molecular weight is 239 g/mol. The molecule has 0 bridgehead atoms. The Kier molecular flexibility index (Phi) is 4.24. The van der Waals surface area contributed by atoms with Crippen LogP contribution >= 0.6 is 11.3 Å². The lowest BCUT2D eigenvalue weighted by molar-refractivity contribution is 0.390. The second-order valence-electron chi connectivity index (χ2n) is 4.51. The van der Waals surface area contributed by atoms with E-state index in [0.717, 1.165) is 23.6 Å². The number of rotatable bonds is 5. The highest BCUT2D eigenvalue weighted by molar-refractivity contribution is 7.13. The van der Waals surface area contributed by atoms with Gasteiger partial charge in [0.25, 0.3) is 0 Å². The monoisotopic (exact) mass is 239 g/mol. The molecule has 1 aromatic rings. The van der Waals surface area contributed by atoms with E-state index in [-0.39, 0.29) is 0 Å². The Bertz CT molecular complexity index is 323. The molecular weight excluding hydrogens is 218 g/mol. The van der Waals surface area contributed by atoms with Gasteiger partial charge < -0.3 is 10.1 Å². The molecule has 1 fully saturated rings. The van der Waals surface area contributed by atoms with Crippen molar-refractivity contribution in [2.45, 2.75) is 45.2 Å². The Morgan fingerprint density at radius 3 is 3.00 bits per heavy atom. The summed E-state index contributed by atoms with van der Waals surface area (Å²) in [7, 11) is 1.73. The number of nitrogens with one attached hydrogen (secondary N) is 1. The van der Waals surface area contributed by atoms with Crippen molar-refractivity contribution >= 4 is 11.3 Å². The third-order valence-corrected chi connectivity index (χ3v) is 4.61. The Morgan fingerprint density at radius 2 is 2.31 bits per heavy atom. The molecule has 2 unspecified atom stereocenters. The van der Waals surface area contributed by atoms with Crippen molar-refractivity contribution in [3.05, 3.63) is 17.0 Å². The van der Waals surface area contributed by atoms with Gasteiger partial charge in [-0.25, -0.2) is 0 Å². The van der Waals surface area contributed by atoms with Gasteiger partial charge in [-0.3, -0.25) is 0 Å². The lowest BCUT2D eigenvalue weighted by Crippen LogP contribution is -2.31. The molecule has 1 saturated carbocycles. The second kappa shape index (κ2) is 5.69. The van der Waals surface area contributed by atoms with Gasteiger partial charge in [-0.05, 0) is 30.9 Å². The number of ether oxygens (including phenoxy) is 1. The van der Waals surface area contributed by atoms with Gasteiger partial charge in [0, 0.05) is 17.5 Å². The van der Waals surface area contributed by atoms with Crippen molar-refractivity contribution in [3.8, 4) is 5.06 Å². The summed E-state index contributed by atoms with van der Waals surface area (Å²) in [4.78, 5) is 1.37. The van der Waals surface area contributed by atoms with Gasteiger partial charge in [-0.1, -0.05) is 19.8 Å². The third-order valence-electron chi connectivity index (χ3n) is 3.56. The van der Waals surface area contributed by atoms with E-state index in [0.29, 0.717) is 0 Å². The van der Waals surface area contributed by atoms with E-state index in [2.05, 4.69) is 18.3 Å². The van der Waals surface area contributed by atoms with Gasteiger partial charge in [0.2, 0.25) is 0 Å². The minimum absolute atomic E-state index is 0.734. The number of methoxy groups -OCH3 is 1. The quantitative estimate of drug-likeness (QED) is 0.850. The van der Waals surface area contributed by atoms with Crippen LogP contribution < -0.4 is 10.1 Å². The molecule has 0 saturated heterocycles. The van der Waals surface area contributed by atoms with Crippen LogP contribution in [0.2, 0.25) is 0 Å². The summed E-state index contributed by atoms with van der Waals surface area (Å²) in [6, 6.07) is 4.94. The van der Waals surface area contributed by atoms with E-state index >= 15 is 0 Å². The van der Waals surface area contributed by atoms with Crippen LogP contribution in [0.15, 0.2) is 12.1 Å². The topological polar surface area (TPSA) is 21.3 Å². The SMILES string of the molecule is CCC1CCCC1NCc1ccc(OC)s1. The predicted molar refractivity (Wildman–Crippen MR) is 69.1 cm³/mol. The van der Waals surface area contributed by atoms with Crippen LogP contribution in [0.4, 0.5) is 0 Å². The molecule has 2 atom stereocenters. The highest BCUT2D eigenvalue weighted by Gasteiger charge is 2.24. The Balaban J connectivity index is 1.82. The zero-order chi connectivity index (χ0) is 11.4. The molecule has 1 aromatic heterocycles. The number of hydrogen-bond acceptors (Lipinski definition) is 3. The second-order valence-corrected chi connectivity index (χ2v) is 5.64. The van der Waals surface area contributed by atoms with Crippen molar-refractivity contribution in [3.63, 3.8) is 0 Å². The van der Waals surface area contributed by atoms with E-state index < -0.39 is 0 Å². The summed E-state index contributed by atoms with van der Waals surface area (Å²) < 4.78 is 5.20. The fraction of sp³-hybridized carbons (Fsp3) is 0.692. The Hall–Kier alpha value is -0.540. The molecule has 0 radical (unpaired) electrons. The number of hydrogen-bond donors (Lipinski definition) is 1. The maximum Gasteiger partial charge on any atom is 0.173 e.